The third kappa shape index (κ3) is 4.47. The van der Waals surface area contributed by atoms with Crippen molar-refractivity contribution in [2.45, 2.75) is 50.9 Å². The molecule has 0 bridgehead atoms. The molecule has 1 aromatic rings. The van der Waals surface area contributed by atoms with Gasteiger partial charge in [-0.1, -0.05) is 49.6 Å². The molecule has 0 unspecified atom stereocenters. The fourth-order valence-corrected chi connectivity index (χ4v) is 3.12. The minimum atomic E-state index is -4.97. The number of hydrogen-bond donors (Lipinski definition) is 0. The largest absolute Gasteiger partial charge is 0.471 e. The lowest BCUT2D eigenvalue weighted by Crippen LogP contribution is -2.49. The molecule has 1 saturated carbocycles. The summed E-state index contributed by atoms with van der Waals surface area (Å²) in [4.78, 5) is 12.6. The van der Waals surface area contributed by atoms with Crippen molar-refractivity contribution in [3.63, 3.8) is 0 Å². The van der Waals surface area contributed by atoms with Gasteiger partial charge >= 0.3 is 12.1 Å². The molecule has 1 aliphatic rings. The van der Waals surface area contributed by atoms with Gasteiger partial charge in [-0.2, -0.15) is 18.4 Å². The van der Waals surface area contributed by atoms with E-state index < -0.39 is 18.1 Å². The molecule has 1 amide bonds. The molecule has 1 fully saturated rings. The minimum Gasteiger partial charge on any atom is -0.314 e. The Balaban J connectivity index is 2.27. The number of nitriles is 1. The number of hydrogen-bond acceptors (Lipinski definition) is 2. The van der Waals surface area contributed by atoms with Crippen molar-refractivity contribution >= 4 is 5.91 Å². The van der Waals surface area contributed by atoms with Gasteiger partial charge in [0.1, 0.15) is 6.04 Å². The molecular weight excluding hydrogens is 305 g/mol. The lowest BCUT2D eigenvalue weighted by molar-refractivity contribution is -0.188. The summed E-state index contributed by atoms with van der Waals surface area (Å²) in [5.74, 6) is -2.12. The Morgan fingerprint density at radius 2 is 1.83 bits per heavy atom. The second-order valence-corrected chi connectivity index (χ2v) is 5.89. The molecule has 0 N–H and O–H groups in total. The number of carbonyl (C=O) groups excluding carboxylic acids is 1. The highest BCUT2D eigenvalue weighted by atomic mass is 19.4. The molecule has 6 heteroatoms. The molecule has 2 rings (SSSR count). The fourth-order valence-electron chi connectivity index (χ4n) is 3.12. The van der Waals surface area contributed by atoms with Gasteiger partial charge in [-0.15, -0.1) is 0 Å². The van der Waals surface area contributed by atoms with E-state index in [1.807, 2.05) is 6.07 Å². The van der Waals surface area contributed by atoms with Crippen LogP contribution in [0.5, 0.6) is 0 Å². The maximum Gasteiger partial charge on any atom is 0.471 e. The molecule has 0 aliphatic heterocycles. The van der Waals surface area contributed by atoms with Gasteiger partial charge in [0.25, 0.3) is 0 Å². The molecule has 0 radical (unpaired) electrons. The number of benzene rings is 1. The van der Waals surface area contributed by atoms with Crippen molar-refractivity contribution in [2.24, 2.45) is 5.92 Å². The number of halogens is 3. The molecule has 23 heavy (non-hydrogen) atoms. The molecule has 1 aromatic carbocycles. The predicted molar refractivity (Wildman–Crippen MR) is 79.0 cm³/mol. The van der Waals surface area contributed by atoms with Crippen LogP contribution in [0.15, 0.2) is 30.3 Å². The number of carbonyl (C=O) groups is 1. The highest BCUT2D eigenvalue weighted by molar-refractivity contribution is 5.82. The zero-order valence-corrected chi connectivity index (χ0v) is 12.7. The summed E-state index contributed by atoms with van der Waals surface area (Å²) in [6, 6.07) is 9.39. The third-order valence-electron chi connectivity index (χ3n) is 4.26. The van der Waals surface area contributed by atoms with Gasteiger partial charge in [0, 0.05) is 6.54 Å². The second-order valence-electron chi connectivity index (χ2n) is 5.89. The van der Waals surface area contributed by atoms with Gasteiger partial charge in [0.2, 0.25) is 0 Å². The minimum absolute atomic E-state index is 0.191. The van der Waals surface area contributed by atoms with E-state index in [0.29, 0.717) is 23.3 Å². The van der Waals surface area contributed by atoms with E-state index >= 15 is 0 Å². The summed E-state index contributed by atoms with van der Waals surface area (Å²) in [5, 5.41) is 9.43. The third-order valence-corrected chi connectivity index (χ3v) is 4.26. The monoisotopic (exact) mass is 324 g/mol. The molecule has 0 aromatic heterocycles. The highest BCUT2D eigenvalue weighted by Crippen LogP contribution is 2.31. The van der Waals surface area contributed by atoms with E-state index in [2.05, 4.69) is 0 Å². The lowest BCUT2D eigenvalue weighted by atomic mass is 9.83. The van der Waals surface area contributed by atoms with E-state index in [-0.39, 0.29) is 12.5 Å². The smallest absolute Gasteiger partial charge is 0.314 e. The molecule has 0 heterocycles. The van der Waals surface area contributed by atoms with Gasteiger partial charge in [-0.05, 0) is 24.3 Å². The SMILES string of the molecule is N#C[C@H](C1CCCCC1)N(Cc1ccccc1)C(=O)C(F)(F)F. The van der Waals surface area contributed by atoms with Gasteiger partial charge in [-0.3, -0.25) is 4.79 Å². The first-order chi connectivity index (χ1) is 10.9. The van der Waals surface area contributed by atoms with Crippen molar-refractivity contribution in [3.05, 3.63) is 35.9 Å². The van der Waals surface area contributed by atoms with E-state index in [9.17, 15) is 23.2 Å². The standard InChI is InChI=1S/C17H19F3N2O/c18-17(19,20)16(23)22(12-13-7-3-1-4-8-13)15(11-21)14-9-5-2-6-10-14/h1,3-4,7-8,14-15H,2,5-6,9-10,12H2/t15-/m1/s1. The van der Waals surface area contributed by atoms with Gasteiger partial charge in [0.15, 0.2) is 0 Å². The molecule has 124 valence electrons. The number of alkyl halides is 3. The number of nitrogens with zero attached hydrogens (tertiary/aromatic N) is 2. The Morgan fingerprint density at radius 3 is 2.35 bits per heavy atom. The van der Waals surface area contributed by atoms with Gasteiger partial charge in [0.05, 0.1) is 6.07 Å². The average Bonchev–Trinajstić information content (AvgIpc) is 2.55. The lowest BCUT2D eigenvalue weighted by Gasteiger charge is -2.35. The summed E-state index contributed by atoms with van der Waals surface area (Å²) >= 11 is 0. The van der Waals surface area contributed by atoms with Crippen LogP contribution in [0, 0.1) is 17.2 Å². The Labute approximate surface area is 133 Å². The first-order valence-electron chi connectivity index (χ1n) is 7.75. The molecule has 0 saturated heterocycles. The number of amides is 1. The van der Waals surface area contributed by atoms with Crippen LogP contribution in [0.2, 0.25) is 0 Å². The van der Waals surface area contributed by atoms with Gasteiger partial charge in [-0.25, -0.2) is 0 Å². The van der Waals surface area contributed by atoms with Gasteiger partial charge < -0.3 is 4.90 Å². The topological polar surface area (TPSA) is 44.1 Å². The number of rotatable bonds is 4. The maximum absolute atomic E-state index is 13.0. The van der Waals surface area contributed by atoms with Crippen LogP contribution in [-0.2, 0) is 11.3 Å². The van der Waals surface area contributed by atoms with Crippen LogP contribution in [-0.4, -0.2) is 23.0 Å². The van der Waals surface area contributed by atoms with Crippen LogP contribution in [0.1, 0.15) is 37.7 Å². The first kappa shape index (κ1) is 17.3. The Hall–Kier alpha value is -2.03. The fraction of sp³-hybridized carbons (Fsp3) is 0.529. The van der Waals surface area contributed by atoms with Crippen molar-refractivity contribution in [1.29, 1.82) is 5.26 Å². The Bertz CT molecular complexity index is 559. The summed E-state index contributed by atoms with van der Waals surface area (Å²) in [5.41, 5.74) is 0.584. The zero-order chi connectivity index (χ0) is 16.9. The van der Waals surface area contributed by atoms with E-state index in [1.165, 1.54) is 0 Å². The van der Waals surface area contributed by atoms with Crippen LogP contribution in [0.4, 0.5) is 13.2 Å². The highest BCUT2D eigenvalue weighted by Gasteiger charge is 2.46. The van der Waals surface area contributed by atoms with Crippen molar-refractivity contribution in [1.82, 2.24) is 4.90 Å². The average molecular weight is 324 g/mol. The first-order valence-corrected chi connectivity index (χ1v) is 7.75. The summed E-state index contributed by atoms with van der Waals surface area (Å²) in [6.07, 6.45) is -0.785. The van der Waals surface area contributed by atoms with Crippen LogP contribution in [0.25, 0.3) is 0 Å². The van der Waals surface area contributed by atoms with Crippen LogP contribution < -0.4 is 0 Å². The summed E-state index contributed by atoms with van der Waals surface area (Å²) in [7, 11) is 0. The van der Waals surface area contributed by atoms with E-state index in [0.717, 1.165) is 19.3 Å². The van der Waals surface area contributed by atoms with Crippen molar-refractivity contribution in [3.8, 4) is 6.07 Å². The summed E-state index contributed by atoms with van der Waals surface area (Å²) in [6.45, 7) is -0.200. The molecule has 3 nitrogen and oxygen atoms in total. The second kappa shape index (κ2) is 7.49. The van der Waals surface area contributed by atoms with Crippen LogP contribution in [0.3, 0.4) is 0 Å². The Morgan fingerprint density at radius 1 is 1.22 bits per heavy atom. The molecule has 1 aliphatic carbocycles. The van der Waals surface area contributed by atoms with E-state index in [1.54, 1.807) is 30.3 Å². The van der Waals surface area contributed by atoms with Crippen LogP contribution >= 0.6 is 0 Å². The predicted octanol–water partition coefficient (Wildman–Crippen LogP) is 4.05. The van der Waals surface area contributed by atoms with Crippen molar-refractivity contribution < 1.29 is 18.0 Å². The molecule has 1 atom stereocenters. The zero-order valence-electron chi connectivity index (χ0n) is 12.7. The molecule has 0 spiro atoms. The van der Waals surface area contributed by atoms with Crippen molar-refractivity contribution in [2.75, 3.05) is 0 Å². The quantitative estimate of drug-likeness (QED) is 0.838. The normalized spacial score (nSPS) is 17.3. The Kier molecular flexibility index (Phi) is 5.64. The molecular formula is C17H19F3N2O. The van der Waals surface area contributed by atoms with E-state index in [4.69, 9.17) is 0 Å². The maximum atomic E-state index is 13.0. The summed E-state index contributed by atoms with van der Waals surface area (Å²) < 4.78 is 38.9.